The van der Waals surface area contributed by atoms with E-state index < -0.39 is 0 Å². The first kappa shape index (κ1) is 17.9. The molecule has 1 rings (SSSR count). The summed E-state index contributed by atoms with van der Waals surface area (Å²) in [5.41, 5.74) is 0.113. The lowest BCUT2D eigenvalue weighted by Crippen LogP contribution is -2.40. The molecule has 1 saturated carbocycles. The van der Waals surface area contributed by atoms with Gasteiger partial charge in [-0.05, 0) is 12.8 Å². The minimum Gasteiger partial charge on any atom is -0.396 e. The molecular formula is C15H31NO4. The van der Waals surface area contributed by atoms with Crippen molar-refractivity contribution < 1.29 is 19.3 Å². The highest BCUT2D eigenvalue weighted by atomic mass is 16.5. The Kier molecular flexibility index (Phi) is 10.2. The molecule has 0 atom stereocenters. The average molecular weight is 289 g/mol. The van der Waals surface area contributed by atoms with E-state index in [0.29, 0.717) is 39.6 Å². The molecule has 0 aromatic rings. The largest absolute Gasteiger partial charge is 0.396 e. The van der Waals surface area contributed by atoms with Gasteiger partial charge in [0.1, 0.15) is 0 Å². The number of hydrogen-bond acceptors (Lipinski definition) is 5. The Labute approximate surface area is 123 Å². The summed E-state index contributed by atoms with van der Waals surface area (Å²) in [5.74, 6) is 0. The van der Waals surface area contributed by atoms with Gasteiger partial charge in [0.2, 0.25) is 0 Å². The lowest BCUT2D eigenvalue weighted by molar-refractivity contribution is 0.0241. The Hall–Kier alpha value is -0.200. The van der Waals surface area contributed by atoms with E-state index in [-0.39, 0.29) is 5.41 Å². The molecule has 0 unspecified atom stereocenters. The highest BCUT2D eigenvalue weighted by Crippen LogP contribution is 2.35. The molecule has 120 valence electrons. The summed E-state index contributed by atoms with van der Waals surface area (Å²) in [4.78, 5) is 0. The standard InChI is InChI=1S/C15H31NO4/c1-18-9-10-20-12-11-19-8-7-16-13-15(14-17)5-3-2-4-6-15/h16-17H,2-14H2,1H3. The van der Waals surface area contributed by atoms with Crippen LogP contribution in [0.5, 0.6) is 0 Å². The van der Waals surface area contributed by atoms with Crippen molar-refractivity contribution in [3.63, 3.8) is 0 Å². The predicted octanol–water partition coefficient (Wildman–Crippen LogP) is 1.20. The maximum absolute atomic E-state index is 9.59. The Morgan fingerprint density at radius 2 is 1.60 bits per heavy atom. The number of aliphatic hydroxyl groups is 1. The van der Waals surface area contributed by atoms with E-state index in [1.165, 1.54) is 19.3 Å². The zero-order valence-corrected chi connectivity index (χ0v) is 12.9. The zero-order chi connectivity index (χ0) is 14.5. The summed E-state index contributed by atoms with van der Waals surface area (Å²) in [5, 5.41) is 13.0. The van der Waals surface area contributed by atoms with Gasteiger partial charge in [-0.2, -0.15) is 0 Å². The van der Waals surface area contributed by atoms with E-state index >= 15 is 0 Å². The van der Waals surface area contributed by atoms with Gasteiger partial charge in [0.25, 0.3) is 0 Å². The van der Waals surface area contributed by atoms with E-state index in [4.69, 9.17) is 14.2 Å². The van der Waals surface area contributed by atoms with Crippen LogP contribution in [-0.2, 0) is 14.2 Å². The van der Waals surface area contributed by atoms with Crippen LogP contribution in [0.1, 0.15) is 32.1 Å². The molecule has 0 aliphatic heterocycles. The van der Waals surface area contributed by atoms with E-state index in [1.807, 2.05) is 0 Å². The van der Waals surface area contributed by atoms with Crippen LogP contribution >= 0.6 is 0 Å². The number of ether oxygens (including phenoxy) is 3. The second-order valence-electron chi connectivity index (χ2n) is 5.61. The molecule has 5 heteroatoms. The molecule has 0 heterocycles. The number of hydrogen-bond donors (Lipinski definition) is 2. The van der Waals surface area contributed by atoms with Gasteiger partial charge in [-0.1, -0.05) is 19.3 Å². The van der Waals surface area contributed by atoms with Crippen LogP contribution in [0, 0.1) is 5.41 Å². The fraction of sp³-hybridized carbons (Fsp3) is 1.00. The first-order valence-electron chi connectivity index (χ1n) is 7.79. The Morgan fingerprint density at radius 3 is 2.25 bits per heavy atom. The molecule has 0 amide bonds. The minimum atomic E-state index is 0.113. The molecule has 0 bridgehead atoms. The zero-order valence-electron chi connectivity index (χ0n) is 12.9. The fourth-order valence-electron chi connectivity index (χ4n) is 2.65. The summed E-state index contributed by atoms with van der Waals surface area (Å²) in [7, 11) is 1.66. The van der Waals surface area contributed by atoms with Crippen molar-refractivity contribution in [2.45, 2.75) is 32.1 Å². The topological polar surface area (TPSA) is 60.0 Å². The van der Waals surface area contributed by atoms with Gasteiger partial charge in [-0.3, -0.25) is 0 Å². The van der Waals surface area contributed by atoms with Crippen LogP contribution in [0.4, 0.5) is 0 Å². The lowest BCUT2D eigenvalue weighted by atomic mass is 9.74. The van der Waals surface area contributed by atoms with Crippen LogP contribution < -0.4 is 5.32 Å². The van der Waals surface area contributed by atoms with Crippen molar-refractivity contribution in [1.82, 2.24) is 5.32 Å². The average Bonchev–Trinajstić information content (AvgIpc) is 2.50. The maximum atomic E-state index is 9.59. The van der Waals surface area contributed by atoms with Crippen molar-refractivity contribution in [2.75, 3.05) is 59.8 Å². The molecule has 1 aliphatic rings. The molecule has 1 fully saturated rings. The predicted molar refractivity (Wildman–Crippen MR) is 79.0 cm³/mol. The molecule has 0 aromatic carbocycles. The Morgan fingerprint density at radius 1 is 0.950 bits per heavy atom. The van der Waals surface area contributed by atoms with Crippen molar-refractivity contribution in [3.05, 3.63) is 0 Å². The molecule has 0 aromatic heterocycles. The van der Waals surface area contributed by atoms with Crippen LogP contribution in [0.15, 0.2) is 0 Å². The van der Waals surface area contributed by atoms with Crippen molar-refractivity contribution >= 4 is 0 Å². The first-order valence-corrected chi connectivity index (χ1v) is 7.79. The second-order valence-corrected chi connectivity index (χ2v) is 5.61. The number of nitrogens with one attached hydrogen (secondary N) is 1. The third-order valence-corrected chi connectivity index (χ3v) is 3.98. The van der Waals surface area contributed by atoms with Crippen molar-refractivity contribution in [2.24, 2.45) is 5.41 Å². The van der Waals surface area contributed by atoms with Gasteiger partial charge in [-0.15, -0.1) is 0 Å². The van der Waals surface area contributed by atoms with Gasteiger partial charge in [-0.25, -0.2) is 0 Å². The van der Waals surface area contributed by atoms with Crippen LogP contribution in [-0.4, -0.2) is 64.9 Å². The van der Waals surface area contributed by atoms with E-state index in [0.717, 1.165) is 25.9 Å². The monoisotopic (exact) mass is 289 g/mol. The van der Waals surface area contributed by atoms with E-state index in [2.05, 4.69) is 5.32 Å². The molecule has 1 aliphatic carbocycles. The Bertz CT molecular complexity index is 220. The minimum absolute atomic E-state index is 0.113. The molecule has 0 radical (unpaired) electrons. The highest BCUT2D eigenvalue weighted by molar-refractivity contribution is 4.84. The fourth-order valence-corrected chi connectivity index (χ4v) is 2.65. The molecule has 20 heavy (non-hydrogen) atoms. The van der Waals surface area contributed by atoms with Gasteiger partial charge < -0.3 is 24.6 Å². The van der Waals surface area contributed by atoms with Crippen LogP contribution in [0.2, 0.25) is 0 Å². The first-order chi connectivity index (χ1) is 9.83. The summed E-state index contributed by atoms with van der Waals surface area (Å²) in [6, 6.07) is 0. The van der Waals surface area contributed by atoms with Gasteiger partial charge >= 0.3 is 0 Å². The number of rotatable bonds is 12. The molecule has 5 nitrogen and oxygen atoms in total. The quantitative estimate of drug-likeness (QED) is 0.529. The molecule has 0 spiro atoms. The Balaban J connectivity index is 1.91. The molecular weight excluding hydrogens is 258 g/mol. The van der Waals surface area contributed by atoms with Gasteiger partial charge in [0.15, 0.2) is 0 Å². The summed E-state index contributed by atoms with van der Waals surface area (Å²) in [6.07, 6.45) is 6.10. The van der Waals surface area contributed by atoms with E-state index in [9.17, 15) is 5.11 Å². The highest BCUT2D eigenvalue weighted by Gasteiger charge is 2.30. The van der Waals surface area contributed by atoms with Crippen LogP contribution in [0.3, 0.4) is 0 Å². The normalized spacial score (nSPS) is 18.3. The summed E-state index contributed by atoms with van der Waals surface area (Å²) < 4.78 is 15.7. The van der Waals surface area contributed by atoms with Crippen LogP contribution in [0.25, 0.3) is 0 Å². The lowest BCUT2D eigenvalue weighted by Gasteiger charge is -2.35. The summed E-state index contributed by atoms with van der Waals surface area (Å²) >= 11 is 0. The number of aliphatic hydroxyl groups excluding tert-OH is 1. The molecule has 2 N–H and O–H groups in total. The van der Waals surface area contributed by atoms with Crippen molar-refractivity contribution in [3.8, 4) is 0 Å². The van der Waals surface area contributed by atoms with E-state index in [1.54, 1.807) is 7.11 Å². The van der Waals surface area contributed by atoms with Gasteiger partial charge in [0.05, 0.1) is 33.0 Å². The van der Waals surface area contributed by atoms with Crippen molar-refractivity contribution in [1.29, 1.82) is 0 Å². The smallest absolute Gasteiger partial charge is 0.0701 e. The third-order valence-electron chi connectivity index (χ3n) is 3.98. The molecule has 0 saturated heterocycles. The number of methoxy groups -OCH3 is 1. The summed E-state index contributed by atoms with van der Waals surface area (Å²) in [6.45, 7) is 5.21. The SMILES string of the molecule is COCCOCCOCCNCC1(CO)CCCCC1. The second kappa shape index (κ2) is 11.5. The third kappa shape index (κ3) is 7.55. The van der Waals surface area contributed by atoms with Gasteiger partial charge in [0, 0.05) is 32.2 Å². The maximum Gasteiger partial charge on any atom is 0.0701 e.